The Kier molecular flexibility index (Phi) is 5.73. The van der Waals surface area contributed by atoms with Gasteiger partial charge in [0.15, 0.2) is 0 Å². The minimum atomic E-state index is 0.644. The molecule has 2 atom stereocenters. The van der Waals surface area contributed by atoms with Crippen molar-refractivity contribution in [3.05, 3.63) is 0 Å². The molecule has 3 heteroatoms. The average Bonchev–Trinajstić information content (AvgIpc) is 2.65. The number of nitrogens with one attached hydrogen (secondary N) is 1. The van der Waals surface area contributed by atoms with E-state index in [9.17, 15) is 0 Å². The van der Waals surface area contributed by atoms with Crippen molar-refractivity contribution in [3.63, 3.8) is 0 Å². The molecule has 3 nitrogen and oxygen atoms in total. The Balaban J connectivity index is 2.36. The molecule has 0 spiro atoms. The minimum absolute atomic E-state index is 0.644. The topological polar surface area (TPSA) is 18.5 Å². The summed E-state index contributed by atoms with van der Waals surface area (Å²) in [4.78, 5) is 4.97. The Morgan fingerprint density at radius 3 is 2.50 bits per heavy atom. The van der Waals surface area contributed by atoms with Crippen LogP contribution in [-0.4, -0.2) is 62.2 Å². The maximum Gasteiger partial charge on any atom is 0.0229 e. The number of likely N-dealkylation sites (tertiary alicyclic amines) is 1. The average molecular weight is 227 g/mol. The van der Waals surface area contributed by atoms with E-state index in [1.54, 1.807) is 0 Å². The first-order chi connectivity index (χ1) is 7.54. The normalized spacial score (nSPS) is 24.6. The molecule has 0 saturated carbocycles. The predicted molar refractivity (Wildman–Crippen MR) is 70.8 cm³/mol. The molecule has 0 aromatic heterocycles. The zero-order valence-electron chi connectivity index (χ0n) is 11.7. The highest BCUT2D eigenvalue weighted by Crippen LogP contribution is 2.15. The Hall–Kier alpha value is -0.120. The first-order valence-electron chi connectivity index (χ1n) is 6.66. The van der Waals surface area contributed by atoms with E-state index in [-0.39, 0.29) is 0 Å². The number of rotatable bonds is 6. The summed E-state index contributed by atoms with van der Waals surface area (Å²) in [6.07, 6.45) is 1.32. The molecule has 2 unspecified atom stereocenters. The molecule has 96 valence electrons. The van der Waals surface area contributed by atoms with Crippen molar-refractivity contribution >= 4 is 0 Å². The summed E-state index contributed by atoms with van der Waals surface area (Å²) in [5, 5.41) is 3.60. The number of nitrogens with zero attached hydrogens (tertiary/aromatic N) is 2. The van der Waals surface area contributed by atoms with Crippen LogP contribution in [0.3, 0.4) is 0 Å². The summed E-state index contributed by atoms with van der Waals surface area (Å²) < 4.78 is 0. The van der Waals surface area contributed by atoms with E-state index >= 15 is 0 Å². The van der Waals surface area contributed by atoms with Gasteiger partial charge in [-0.15, -0.1) is 0 Å². The van der Waals surface area contributed by atoms with Crippen LogP contribution in [0.1, 0.15) is 27.2 Å². The number of likely N-dealkylation sites (N-methyl/N-ethyl adjacent to an activating group) is 2. The second-order valence-corrected chi connectivity index (χ2v) is 5.57. The molecular weight excluding hydrogens is 198 g/mol. The van der Waals surface area contributed by atoms with Gasteiger partial charge in [0, 0.05) is 25.2 Å². The fourth-order valence-electron chi connectivity index (χ4n) is 2.45. The lowest BCUT2D eigenvalue weighted by molar-refractivity contribution is 0.231. The third-order valence-corrected chi connectivity index (χ3v) is 3.70. The Morgan fingerprint density at radius 2 is 2.06 bits per heavy atom. The molecule has 0 aliphatic carbocycles. The van der Waals surface area contributed by atoms with E-state index in [1.807, 2.05) is 0 Å². The largest absolute Gasteiger partial charge is 0.313 e. The van der Waals surface area contributed by atoms with E-state index < -0.39 is 0 Å². The molecule has 0 bridgehead atoms. The molecule has 1 aliphatic heterocycles. The van der Waals surface area contributed by atoms with Crippen molar-refractivity contribution in [2.75, 3.05) is 40.3 Å². The maximum atomic E-state index is 3.60. The van der Waals surface area contributed by atoms with Crippen molar-refractivity contribution in [1.29, 1.82) is 0 Å². The van der Waals surface area contributed by atoms with Gasteiger partial charge in [-0.3, -0.25) is 0 Å². The summed E-state index contributed by atoms with van der Waals surface area (Å²) in [6.45, 7) is 11.6. The SMILES string of the molecule is CCNC(CN1CCC(N(C)C)C1)C(C)C. The van der Waals surface area contributed by atoms with Crippen molar-refractivity contribution in [1.82, 2.24) is 15.1 Å². The van der Waals surface area contributed by atoms with E-state index in [0.29, 0.717) is 6.04 Å². The fourth-order valence-corrected chi connectivity index (χ4v) is 2.45. The van der Waals surface area contributed by atoms with Gasteiger partial charge >= 0.3 is 0 Å². The summed E-state index contributed by atoms with van der Waals surface area (Å²) in [5.41, 5.74) is 0. The summed E-state index contributed by atoms with van der Waals surface area (Å²) >= 11 is 0. The molecule has 1 rings (SSSR count). The van der Waals surface area contributed by atoms with Gasteiger partial charge in [0.25, 0.3) is 0 Å². The molecular formula is C13H29N3. The van der Waals surface area contributed by atoms with Gasteiger partial charge in [-0.25, -0.2) is 0 Å². The molecule has 0 amide bonds. The first-order valence-corrected chi connectivity index (χ1v) is 6.66. The van der Waals surface area contributed by atoms with E-state index in [2.05, 4.69) is 50.0 Å². The number of hydrogen-bond donors (Lipinski definition) is 1. The molecule has 0 aromatic carbocycles. The second-order valence-electron chi connectivity index (χ2n) is 5.57. The van der Waals surface area contributed by atoms with Crippen LogP contribution >= 0.6 is 0 Å². The van der Waals surface area contributed by atoms with Crippen molar-refractivity contribution in [2.45, 2.75) is 39.3 Å². The zero-order valence-corrected chi connectivity index (χ0v) is 11.7. The van der Waals surface area contributed by atoms with Crippen molar-refractivity contribution in [3.8, 4) is 0 Å². The molecule has 1 N–H and O–H groups in total. The third-order valence-electron chi connectivity index (χ3n) is 3.70. The lowest BCUT2D eigenvalue weighted by Gasteiger charge is -2.28. The Morgan fingerprint density at radius 1 is 1.38 bits per heavy atom. The van der Waals surface area contributed by atoms with Crippen molar-refractivity contribution < 1.29 is 0 Å². The predicted octanol–water partition coefficient (Wildman–Crippen LogP) is 1.26. The van der Waals surface area contributed by atoms with Crippen LogP contribution in [0.25, 0.3) is 0 Å². The quantitative estimate of drug-likeness (QED) is 0.737. The van der Waals surface area contributed by atoms with Crippen LogP contribution < -0.4 is 5.32 Å². The van der Waals surface area contributed by atoms with Crippen molar-refractivity contribution in [2.24, 2.45) is 5.92 Å². The van der Waals surface area contributed by atoms with Gasteiger partial charge in [0.05, 0.1) is 0 Å². The maximum absolute atomic E-state index is 3.60. The molecule has 0 radical (unpaired) electrons. The van der Waals surface area contributed by atoms with Crippen LogP contribution in [0, 0.1) is 5.92 Å². The highest BCUT2D eigenvalue weighted by atomic mass is 15.2. The fraction of sp³-hybridized carbons (Fsp3) is 1.00. The lowest BCUT2D eigenvalue weighted by Crippen LogP contribution is -2.44. The molecule has 0 aromatic rings. The van der Waals surface area contributed by atoms with Gasteiger partial charge in [-0.05, 0) is 39.5 Å². The van der Waals surface area contributed by atoms with E-state index in [0.717, 1.165) is 18.5 Å². The number of hydrogen-bond acceptors (Lipinski definition) is 3. The van der Waals surface area contributed by atoms with Gasteiger partial charge in [-0.2, -0.15) is 0 Å². The van der Waals surface area contributed by atoms with Crippen LogP contribution in [0.4, 0.5) is 0 Å². The van der Waals surface area contributed by atoms with Crippen LogP contribution in [-0.2, 0) is 0 Å². The molecule has 1 saturated heterocycles. The molecule has 16 heavy (non-hydrogen) atoms. The standard InChI is InChI=1S/C13H29N3/c1-6-14-13(11(2)3)10-16-8-7-12(9-16)15(4)5/h11-14H,6-10H2,1-5H3. The van der Waals surface area contributed by atoms with Gasteiger partial charge < -0.3 is 15.1 Å². The van der Waals surface area contributed by atoms with Gasteiger partial charge in [0.1, 0.15) is 0 Å². The van der Waals surface area contributed by atoms with Crippen LogP contribution in [0.15, 0.2) is 0 Å². The smallest absolute Gasteiger partial charge is 0.0229 e. The highest BCUT2D eigenvalue weighted by molar-refractivity contribution is 4.84. The first kappa shape index (κ1) is 13.9. The van der Waals surface area contributed by atoms with Crippen LogP contribution in [0.5, 0.6) is 0 Å². The lowest BCUT2D eigenvalue weighted by atomic mass is 10.0. The van der Waals surface area contributed by atoms with Gasteiger partial charge in [-0.1, -0.05) is 20.8 Å². The highest BCUT2D eigenvalue weighted by Gasteiger charge is 2.26. The Labute approximate surface area is 101 Å². The Bertz CT molecular complexity index is 192. The third kappa shape index (κ3) is 4.04. The van der Waals surface area contributed by atoms with Crippen LogP contribution in [0.2, 0.25) is 0 Å². The summed E-state index contributed by atoms with van der Waals surface area (Å²) in [5.74, 6) is 0.721. The van der Waals surface area contributed by atoms with E-state index in [4.69, 9.17) is 0 Å². The van der Waals surface area contributed by atoms with Gasteiger partial charge in [0.2, 0.25) is 0 Å². The minimum Gasteiger partial charge on any atom is -0.313 e. The second kappa shape index (κ2) is 6.58. The monoisotopic (exact) mass is 227 g/mol. The summed E-state index contributed by atoms with van der Waals surface area (Å²) in [7, 11) is 4.39. The molecule has 1 heterocycles. The molecule has 1 fully saturated rings. The zero-order chi connectivity index (χ0) is 12.1. The molecule has 1 aliphatic rings. The van der Waals surface area contributed by atoms with E-state index in [1.165, 1.54) is 26.1 Å². The summed E-state index contributed by atoms with van der Waals surface area (Å²) in [6, 6.07) is 1.40.